The largest absolute Gasteiger partial charge is 0.504 e. The highest BCUT2D eigenvalue weighted by Gasteiger charge is 2.00. The highest BCUT2D eigenvalue weighted by Crippen LogP contribution is 2.27. The van der Waals surface area contributed by atoms with Crippen LogP contribution in [-0.2, 0) is 0 Å². The van der Waals surface area contributed by atoms with Gasteiger partial charge in [-0.25, -0.2) is 0 Å². The zero-order chi connectivity index (χ0) is 7.56. The van der Waals surface area contributed by atoms with Gasteiger partial charge in [-0.15, -0.1) is 0 Å². The van der Waals surface area contributed by atoms with Crippen molar-refractivity contribution in [3.63, 3.8) is 0 Å². The standard InChI is InChI=1S/C8H9O2/c1-6-4-3-5-7(10-2)8(6)9/h3-5,9H,1H2,2H3. The van der Waals surface area contributed by atoms with Gasteiger partial charge in [0, 0.05) is 0 Å². The lowest BCUT2D eigenvalue weighted by Gasteiger charge is -2.03. The summed E-state index contributed by atoms with van der Waals surface area (Å²) in [5, 5.41) is 9.21. The van der Waals surface area contributed by atoms with Gasteiger partial charge in [0.15, 0.2) is 11.5 Å². The first-order valence-electron chi connectivity index (χ1n) is 2.93. The minimum atomic E-state index is 0.116. The third-order valence-electron chi connectivity index (χ3n) is 1.30. The molecule has 0 aliphatic carbocycles. The summed E-state index contributed by atoms with van der Waals surface area (Å²) in [5.41, 5.74) is 0.583. The SMILES string of the molecule is [CH2]c1cccc(OC)c1O. The van der Waals surface area contributed by atoms with Crippen LogP contribution in [0.4, 0.5) is 0 Å². The molecule has 1 N–H and O–H groups in total. The van der Waals surface area contributed by atoms with E-state index in [1.165, 1.54) is 7.11 Å². The fraction of sp³-hybridized carbons (Fsp3) is 0.125. The lowest BCUT2D eigenvalue weighted by Crippen LogP contribution is -1.84. The van der Waals surface area contributed by atoms with Gasteiger partial charge in [-0.1, -0.05) is 12.1 Å². The molecule has 0 heterocycles. The summed E-state index contributed by atoms with van der Waals surface area (Å²) in [7, 11) is 1.51. The monoisotopic (exact) mass is 137 g/mol. The number of hydrogen-bond donors (Lipinski definition) is 1. The van der Waals surface area contributed by atoms with E-state index in [4.69, 9.17) is 4.74 Å². The second kappa shape index (κ2) is 2.60. The van der Waals surface area contributed by atoms with Crippen LogP contribution >= 0.6 is 0 Å². The summed E-state index contributed by atoms with van der Waals surface area (Å²) in [6, 6.07) is 5.18. The average Bonchev–Trinajstić information content (AvgIpc) is 1.95. The van der Waals surface area contributed by atoms with Gasteiger partial charge in [0.05, 0.1) is 7.11 Å². The third kappa shape index (κ3) is 1.05. The number of hydrogen-bond acceptors (Lipinski definition) is 2. The second-order valence-electron chi connectivity index (χ2n) is 1.97. The lowest BCUT2D eigenvalue weighted by molar-refractivity contribution is 0.372. The van der Waals surface area contributed by atoms with Gasteiger partial charge in [0.1, 0.15) is 0 Å². The first kappa shape index (κ1) is 6.93. The maximum Gasteiger partial charge on any atom is 0.160 e. The van der Waals surface area contributed by atoms with Crippen molar-refractivity contribution in [2.45, 2.75) is 0 Å². The van der Waals surface area contributed by atoms with Crippen molar-refractivity contribution in [1.82, 2.24) is 0 Å². The van der Waals surface area contributed by atoms with Gasteiger partial charge in [-0.2, -0.15) is 0 Å². The number of phenols is 1. The van der Waals surface area contributed by atoms with Crippen molar-refractivity contribution >= 4 is 0 Å². The number of methoxy groups -OCH3 is 1. The Hall–Kier alpha value is -1.18. The fourth-order valence-corrected chi connectivity index (χ4v) is 0.732. The molecule has 0 saturated carbocycles. The molecule has 2 nitrogen and oxygen atoms in total. The first-order chi connectivity index (χ1) is 4.75. The van der Waals surface area contributed by atoms with Crippen LogP contribution in [0.25, 0.3) is 0 Å². The normalized spacial score (nSPS) is 9.40. The van der Waals surface area contributed by atoms with E-state index in [1.54, 1.807) is 18.2 Å². The van der Waals surface area contributed by atoms with Crippen molar-refractivity contribution in [3.05, 3.63) is 30.7 Å². The fourth-order valence-electron chi connectivity index (χ4n) is 0.732. The van der Waals surface area contributed by atoms with Crippen molar-refractivity contribution in [1.29, 1.82) is 0 Å². The zero-order valence-electron chi connectivity index (χ0n) is 5.79. The molecule has 0 aromatic heterocycles. The first-order valence-corrected chi connectivity index (χ1v) is 2.93. The maximum atomic E-state index is 9.21. The van der Waals surface area contributed by atoms with E-state index in [0.717, 1.165) is 0 Å². The molecular weight excluding hydrogens is 128 g/mol. The molecule has 1 aromatic rings. The highest BCUT2D eigenvalue weighted by atomic mass is 16.5. The Balaban J connectivity index is 3.14. The van der Waals surface area contributed by atoms with Crippen LogP contribution in [0.15, 0.2) is 18.2 Å². The van der Waals surface area contributed by atoms with Gasteiger partial charge in [-0.05, 0) is 18.6 Å². The van der Waals surface area contributed by atoms with Crippen molar-refractivity contribution in [2.75, 3.05) is 7.11 Å². The Kier molecular flexibility index (Phi) is 1.81. The number of benzene rings is 1. The molecule has 2 heteroatoms. The van der Waals surface area contributed by atoms with Crippen LogP contribution in [0.3, 0.4) is 0 Å². The summed E-state index contributed by atoms with van der Waals surface area (Å²) in [4.78, 5) is 0. The minimum Gasteiger partial charge on any atom is -0.504 e. The molecule has 0 aliphatic heterocycles. The molecule has 0 saturated heterocycles. The number of para-hydroxylation sites is 1. The van der Waals surface area contributed by atoms with E-state index < -0.39 is 0 Å². The van der Waals surface area contributed by atoms with E-state index in [0.29, 0.717) is 11.3 Å². The van der Waals surface area contributed by atoms with Gasteiger partial charge >= 0.3 is 0 Å². The highest BCUT2D eigenvalue weighted by molar-refractivity contribution is 5.46. The molecule has 0 unspecified atom stereocenters. The van der Waals surface area contributed by atoms with Gasteiger partial charge in [0.2, 0.25) is 0 Å². The van der Waals surface area contributed by atoms with E-state index in [1.807, 2.05) is 0 Å². The van der Waals surface area contributed by atoms with Crippen LogP contribution in [0.2, 0.25) is 0 Å². The summed E-state index contributed by atoms with van der Waals surface area (Å²) < 4.78 is 4.84. The Labute approximate surface area is 60.1 Å². The van der Waals surface area contributed by atoms with Crippen LogP contribution in [0.1, 0.15) is 5.56 Å². The number of aromatic hydroxyl groups is 1. The van der Waals surface area contributed by atoms with Crippen LogP contribution in [-0.4, -0.2) is 12.2 Å². The predicted molar refractivity (Wildman–Crippen MR) is 39.1 cm³/mol. The molecular formula is C8H9O2. The Bertz CT molecular complexity index is 231. The lowest BCUT2D eigenvalue weighted by atomic mass is 10.2. The van der Waals surface area contributed by atoms with E-state index in [2.05, 4.69) is 6.92 Å². The third-order valence-corrected chi connectivity index (χ3v) is 1.30. The molecule has 1 rings (SSSR count). The van der Waals surface area contributed by atoms with Gasteiger partial charge in [-0.3, -0.25) is 0 Å². The van der Waals surface area contributed by atoms with Crippen molar-refractivity contribution < 1.29 is 9.84 Å². The van der Waals surface area contributed by atoms with Crippen LogP contribution in [0.5, 0.6) is 11.5 Å². The minimum absolute atomic E-state index is 0.116. The maximum absolute atomic E-state index is 9.21. The van der Waals surface area contributed by atoms with Crippen molar-refractivity contribution in [3.8, 4) is 11.5 Å². The molecule has 0 atom stereocenters. The molecule has 1 aromatic carbocycles. The summed E-state index contributed by atoms with van der Waals surface area (Å²) in [6.07, 6.45) is 0. The summed E-state index contributed by atoms with van der Waals surface area (Å²) in [6.45, 7) is 3.60. The molecule has 0 fully saturated rings. The number of phenolic OH excluding ortho intramolecular Hbond substituents is 1. The van der Waals surface area contributed by atoms with Crippen molar-refractivity contribution in [2.24, 2.45) is 0 Å². The predicted octanol–water partition coefficient (Wildman–Crippen LogP) is 1.58. The van der Waals surface area contributed by atoms with Crippen LogP contribution in [0, 0.1) is 6.92 Å². The molecule has 0 spiro atoms. The molecule has 10 heavy (non-hydrogen) atoms. The Morgan fingerprint density at radius 2 is 2.20 bits per heavy atom. The van der Waals surface area contributed by atoms with E-state index in [9.17, 15) is 5.11 Å². The number of rotatable bonds is 1. The summed E-state index contributed by atoms with van der Waals surface area (Å²) in [5.74, 6) is 0.581. The molecule has 0 amide bonds. The van der Waals surface area contributed by atoms with E-state index >= 15 is 0 Å². The topological polar surface area (TPSA) is 29.5 Å². The van der Waals surface area contributed by atoms with Crippen LogP contribution < -0.4 is 4.74 Å². The molecule has 0 bridgehead atoms. The quantitative estimate of drug-likeness (QED) is 0.636. The average molecular weight is 137 g/mol. The van der Waals surface area contributed by atoms with Gasteiger partial charge < -0.3 is 9.84 Å². The Morgan fingerprint density at radius 3 is 2.70 bits per heavy atom. The number of ether oxygens (including phenoxy) is 1. The zero-order valence-corrected chi connectivity index (χ0v) is 5.79. The molecule has 53 valence electrons. The smallest absolute Gasteiger partial charge is 0.160 e. The molecule has 1 radical (unpaired) electrons. The molecule has 0 aliphatic rings. The van der Waals surface area contributed by atoms with E-state index in [-0.39, 0.29) is 5.75 Å². The summed E-state index contributed by atoms with van der Waals surface area (Å²) >= 11 is 0. The van der Waals surface area contributed by atoms with Gasteiger partial charge in [0.25, 0.3) is 0 Å². The second-order valence-corrected chi connectivity index (χ2v) is 1.97. The Morgan fingerprint density at radius 1 is 1.50 bits per heavy atom.